The lowest BCUT2D eigenvalue weighted by Gasteiger charge is -2.08. The van der Waals surface area contributed by atoms with Gasteiger partial charge in [0.05, 0.1) is 0 Å². The molecule has 0 heterocycles. The molecule has 0 atom stereocenters. The largest absolute Gasteiger partial charge is 0.313 e. The summed E-state index contributed by atoms with van der Waals surface area (Å²) in [5.74, 6) is 1.14. The normalized spacial score (nSPS) is 10.5. The van der Waals surface area contributed by atoms with E-state index in [4.69, 9.17) is 0 Å². The van der Waals surface area contributed by atoms with Crippen LogP contribution in [0.4, 0.5) is 0 Å². The van der Waals surface area contributed by atoms with Gasteiger partial charge in [-0.15, -0.1) is 11.8 Å². The van der Waals surface area contributed by atoms with E-state index in [2.05, 4.69) is 44.3 Å². The predicted octanol–water partition coefficient (Wildman–Crippen LogP) is 3.22. The van der Waals surface area contributed by atoms with Gasteiger partial charge in [-0.05, 0) is 42.5 Å². The van der Waals surface area contributed by atoms with Crippen molar-refractivity contribution in [1.82, 2.24) is 5.32 Å². The van der Waals surface area contributed by atoms with Crippen molar-refractivity contribution in [3.63, 3.8) is 0 Å². The Bertz CT molecular complexity index is 284. The highest BCUT2D eigenvalue weighted by molar-refractivity contribution is 7.99. The molecule has 0 fully saturated rings. The molecule has 0 saturated heterocycles. The minimum atomic E-state index is 0.986. The summed E-state index contributed by atoms with van der Waals surface area (Å²) in [7, 11) is 0. The van der Waals surface area contributed by atoms with E-state index in [-0.39, 0.29) is 0 Å². The zero-order valence-electron chi connectivity index (χ0n) is 9.26. The van der Waals surface area contributed by atoms with Crippen molar-refractivity contribution >= 4 is 11.8 Å². The minimum absolute atomic E-state index is 0.986. The fourth-order valence-corrected chi connectivity index (χ4v) is 2.14. The first-order valence-electron chi connectivity index (χ1n) is 5.21. The van der Waals surface area contributed by atoms with E-state index in [1.54, 1.807) is 0 Å². The molecule has 1 rings (SSSR count). The Morgan fingerprint density at radius 1 is 1.29 bits per heavy atom. The SMILES string of the molecule is CCNCc1ccc(SCC)cc1C. The third kappa shape index (κ3) is 3.35. The van der Waals surface area contributed by atoms with Crippen LogP contribution in [0, 0.1) is 6.92 Å². The fourth-order valence-electron chi connectivity index (χ4n) is 1.38. The van der Waals surface area contributed by atoms with Gasteiger partial charge in [0.1, 0.15) is 0 Å². The molecule has 0 amide bonds. The topological polar surface area (TPSA) is 12.0 Å². The van der Waals surface area contributed by atoms with Crippen LogP contribution in [0.1, 0.15) is 25.0 Å². The summed E-state index contributed by atoms with van der Waals surface area (Å²) in [6.45, 7) is 8.53. The van der Waals surface area contributed by atoms with Gasteiger partial charge in [-0.1, -0.05) is 19.9 Å². The predicted molar refractivity (Wildman–Crippen MR) is 65.0 cm³/mol. The second-order valence-electron chi connectivity index (χ2n) is 3.30. The molecule has 1 nitrogen and oxygen atoms in total. The van der Waals surface area contributed by atoms with E-state index >= 15 is 0 Å². The van der Waals surface area contributed by atoms with Crippen molar-refractivity contribution in [2.75, 3.05) is 12.3 Å². The second-order valence-corrected chi connectivity index (χ2v) is 4.64. The summed E-state index contributed by atoms with van der Waals surface area (Å²) in [6, 6.07) is 6.73. The molecule has 0 aliphatic heterocycles. The van der Waals surface area contributed by atoms with Gasteiger partial charge >= 0.3 is 0 Å². The van der Waals surface area contributed by atoms with Gasteiger partial charge in [-0.2, -0.15) is 0 Å². The maximum absolute atomic E-state index is 3.35. The van der Waals surface area contributed by atoms with Gasteiger partial charge in [0, 0.05) is 11.4 Å². The van der Waals surface area contributed by atoms with E-state index in [1.807, 2.05) is 11.8 Å². The van der Waals surface area contributed by atoms with Crippen molar-refractivity contribution in [3.8, 4) is 0 Å². The van der Waals surface area contributed by atoms with Gasteiger partial charge in [0.2, 0.25) is 0 Å². The molecule has 1 aromatic rings. The Morgan fingerprint density at radius 2 is 2.07 bits per heavy atom. The number of thioether (sulfide) groups is 1. The first-order valence-corrected chi connectivity index (χ1v) is 6.19. The lowest BCUT2D eigenvalue weighted by atomic mass is 10.1. The van der Waals surface area contributed by atoms with Crippen LogP contribution >= 0.6 is 11.8 Å². The van der Waals surface area contributed by atoms with Crippen LogP contribution in [0.2, 0.25) is 0 Å². The third-order valence-corrected chi connectivity index (χ3v) is 3.07. The number of hydrogen-bond donors (Lipinski definition) is 1. The monoisotopic (exact) mass is 209 g/mol. The Hall–Kier alpha value is -0.470. The number of benzene rings is 1. The molecule has 0 aromatic heterocycles. The highest BCUT2D eigenvalue weighted by atomic mass is 32.2. The van der Waals surface area contributed by atoms with Gasteiger partial charge in [-0.25, -0.2) is 0 Å². The summed E-state index contributed by atoms with van der Waals surface area (Å²) in [5, 5.41) is 3.35. The maximum atomic E-state index is 3.35. The van der Waals surface area contributed by atoms with Crippen LogP contribution in [0.3, 0.4) is 0 Å². The number of rotatable bonds is 5. The number of aryl methyl sites for hydroxylation is 1. The van der Waals surface area contributed by atoms with Crippen molar-refractivity contribution in [2.24, 2.45) is 0 Å². The lowest BCUT2D eigenvalue weighted by Crippen LogP contribution is -2.12. The molecule has 78 valence electrons. The standard InChI is InChI=1S/C12H19NS/c1-4-13-9-11-6-7-12(14-5-2)8-10(11)3/h6-8,13H,4-5,9H2,1-3H3. The highest BCUT2D eigenvalue weighted by Crippen LogP contribution is 2.20. The first-order chi connectivity index (χ1) is 6.77. The zero-order chi connectivity index (χ0) is 10.4. The van der Waals surface area contributed by atoms with E-state index < -0.39 is 0 Å². The highest BCUT2D eigenvalue weighted by Gasteiger charge is 1.99. The van der Waals surface area contributed by atoms with Crippen molar-refractivity contribution in [3.05, 3.63) is 29.3 Å². The molecule has 0 unspecified atom stereocenters. The Balaban J connectivity index is 2.68. The number of hydrogen-bond acceptors (Lipinski definition) is 2. The Labute approximate surface area is 91.3 Å². The summed E-state index contributed by atoms with van der Waals surface area (Å²) < 4.78 is 0. The smallest absolute Gasteiger partial charge is 0.0208 e. The molecule has 1 N–H and O–H groups in total. The quantitative estimate of drug-likeness (QED) is 0.747. The zero-order valence-corrected chi connectivity index (χ0v) is 10.1. The Morgan fingerprint density at radius 3 is 2.64 bits per heavy atom. The van der Waals surface area contributed by atoms with Crippen LogP contribution in [0.25, 0.3) is 0 Å². The van der Waals surface area contributed by atoms with Crippen LogP contribution in [-0.4, -0.2) is 12.3 Å². The molecule has 0 bridgehead atoms. The van der Waals surface area contributed by atoms with Crippen molar-refractivity contribution in [1.29, 1.82) is 0 Å². The average molecular weight is 209 g/mol. The second kappa shape index (κ2) is 6.10. The van der Waals surface area contributed by atoms with Crippen LogP contribution in [0.15, 0.2) is 23.1 Å². The first kappa shape index (κ1) is 11.6. The van der Waals surface area contributed by atoms with E-state index in [0.29, 0.717) is 0 Å². The summed E-state index contributed by atoms with van der Waals surface area (Å²) in [4.78, 5) is 1.38. The van der Waals surface area contributed by atoms with Gasteiger partial charge in [0.25, 0.3) is 0 Å². The molecule has 0 aliphatic rings. The maximum Gasteiger partial charge on any atom is 0.0208 e. The molecule has 2 heteroatoms. The summed E-state index contributed by atoms with van der Waals surface area (Å²) in [5.41, 5.74) is 2.80. The third-order valence-electron chi connectivity index (χ3n) is 2.19. The van der Waals surface area contributed by atoms with E-state index in [0.717, 1.165) is 18.8 Å². The lowest BCUT2D eigenvalue weighted by molar-refractivity contribution is 0.723. The van der Waals surface area contributed by atoms with Gasteiger partial charge < -0.3 is 5.32 Å². The van der Waals surface area contributed by atoms with Crippen LogP contribution < -0.4 is 5.32 Å². The summed E-state index contributed by atoms with van der Waals surface area (Å²) in [6.07, 6.45) is 0. The van der Waals surface area contributed by atoms with Crippen molar-refractivity contribution in [2.45, 2.75) is 32.2 Å². The molecule has 0 aliphatic carbocycles. The van der Waals surface area contributed by atoms with Gasteiger partial charge in [0.15, 0.2) is 0 Å². The van der Waals surface area contributed by atoms with Gasteiger partial charge in [-0.3, -0.25) is 0 Å². The Kier molecular flexibility index (Phi) is 5.05. The molecule has 1 aromatic carbocycles. The van der Waals surface area contributed by atoms with E-state index in [1.165, 1.54) is 16.0 Å². The minimum Gasteiger partial charge on any atom is -0.313 e. The van der Waals surface area contributed by atoms with Crippen LogP contribution in [-0.2, 0) is 6.54 Å². The molecular formula is C12H19NS. The van der Waals surface area contributed by atoms with Crippen molar-refractivity contribution < 1.29 is 0 Å². The molecule has 14 heavy (non-hydrogen) atoms. The molecule has 0 spiro atoms. The summed E-state index contributed by atoms with van der Waals surface area (Å²) >= 11 is 1.90. The number of nitrogens with one attached hydrogen (secondary N) is 1. The molecular weight excluding hydrogens is 190 g/mol. The fraction of sp³-hybridized carbons (Fsp3) is 0.500. The molecule has 0 radical (unpaired) electrons. The molecule has 0 saturated carbocycles. The van der Waals surface area contributed by atoms with Crippen LogP contribution in [0.5, 0.6) is 0 Å². The average Bonchev–Trinajstić information content (AvgIpc) is 2.17. The van der Waals surface area contributed by atoms with E-state index in [9.17, 15) is 0 Å².